The maximum atomic E-state index is 12.0. The minimum Gasteiger partial charge on any atom is -0.464 e. The van der Waals surface area contributed by atoms with Crippen LogP contribution < -0.4 is 11.2 Å². The maximum Gasteiger partial charge on any atom is 0.331 e. The van der Waals surface area contributed by atoms with Crippen LogP contribution in [-0.4, -0.2) is 33.7 Å². The van der Waals surface area contributed by atoms with Crippen molar-refractivity contribution in [1.29, 1.82) is 0 Å². The van der Waals surface area contributed by atoms with E-state index in [1.165, 1.54) is 27.0 Å². The predicted octanol–water partition coefficient (Wildman–Crippen LogP) is -0.383. The number of esters is 2. The van der Waals surface area contributed by atoms with Gasteiger partial charge >= 0.3 is 17.6 Å². The standard InChI is InChI=1S/C14H16N2O7/c1-7-11(21-8(2)17)12(22-9(3)18)14(4,23-7)16-6-5-10(19)15-13(16)20/h5-6,11-12H,1H2,2-4H3,(H,15,19,20)/t11-,12-,14-/m1/s1. The molecule has 0 bridgehead atoms. The first-order valence-electron chi connectivity index (χ1n) is 6.70. The molecule has 9 nitrogen and oxygen atoms in total. The van der Waals surface area contributed by atoms with Gasteiger partial charge in [-0.25, -0.2) is 4.79 Å². The third-order valence-electron chi connectivity index (χ3n) is 3.35. The second-order valence-corrected chi connectivity index (χ2v) is 5.16. The van der Waals surface area contributed by atoms with Crippen molar-refractivity contribution < 1.29 is 23.8 Å². The van der Waals surface area contributed by atoms with Crippen LogP contribution in [0.25, 0.3) is 0 Å². The van der Waals surface area contributed by atoms with Crippen molar-refractivity contribution in [2.24, 2.45) is 0 Å². The van der Waals surface area contributed by atoms with Gasteiger partial charge in [0.25, 0.3) is 5.56 Å². The van der Waals surface area contributed by atoms with Crippen molar-refractivity contribution in [3.63, 3.8) is 0 Å². The van der Waals surface area contributed by atoms with Crippen LogP contribution in [0.5, 0.6) is 0 Å². The van der Waals surface area contributed by atoms with E-state index in [1.54, 1.807) is 0 Å². The zero-order valence-corrected chi connectivity index (χ0v) is 12.8. The fraction of sp³-hybridized carbons (Fsp3) is 0.429. The van der Waals surface area contributed by atoms with Gasteiger partial charge in [-0.1, -0.05) is 6.58 Å². The Labute approximate surface area is 130 Å². The monoisotopic (exact) mass is 324 g/mol. The minimum absolute atomic E-state index is 0.0204. The largest absolute Gasteiger partial charge is 0.464 e. The second kappa shape index (κ2) is 5.75. The Morgan fingerprint density at radius 2 is 1.91 bits per heavy atom. The Kier molecular flexibility index (Phi) is 4.13. The van der Waals surface area contributed by atoms with Crippen molar-refractivity contribution in [1.82, 2.24) is 9.55 Å². The van der Waals surface area contributed by atoms with Crippen LogP contribution in [0.1, 0.15) is 20.8 Å². The summed E-state index contributed by atoms with van der Waals surface area (Å²) in [5.74, 6) is -1.27. The third-order valence-corrected chi connectivity index (χ3v) is 3.35. The van der Waals surface area contributed by atoms with E-state index in [9.17, 15) is 19.2 Å². The average molecular weight is 324 g/mol. The molecule has 1 aliphatic rings. The molecule has 9 heteroatoms. The van der Waals surface area contributed by atoms with Gasteiger partial charge in [0.15, 0.2) is 0 Å². The van der Waals surface area contributed by atoms with Crippen LogP contribution in [0.2, 0.25) is 0 Å². The molecule has 1 aromatic heterocycles. The normalized spacial score (nSPS) is 26.5. The van der Waals surface area contributed by atoms with Gasteiger partial charge in [0.2, 0.25) is 17.9 Å². The van der Waals surface area contributed by atoms with Crippen molar-refractivity contribution in [2.75, 3.05) is 0 Å². The molecule has 0 aromatic carbocycles. The van der Waals surface area contributed by atoms with Gasteiger partial charge < -0.3 is 14.2 Å². The summed E-state index contributed by atoms with van der Waals surface area (Å²) >= 11 is 0. The van der Waals surface area contributed by atoms with E-state index in [1.807, 2.05) is 0 Å². The number of carbonyl (C=O) groups excluding carboxylic acids is 2. The second-order valence-electron chi connectivity index (χ2n) is 5.16. The summed E-state index contributed by atoms with van der Waals surface area (Å²) in [6.07, 6.45) is -1.04. The molecule has 0 saturated carbocycles. The van der Waals surface area contributed by atoms with Crippen LogP contribution in [0.15, 0.2) is 34.2 Å². The highest BCUT2D eigenvalue weighted by atomic mass is 16.6. The number of hydrogen-bond donors (Lipinski definition) is 1. The summed E-state index contributed by atoms with van der Waals surface area (Å²) in [6.45, 7) is 7.44. The average Bonchev–Trinajstić information content (AvgIpc) is 2.62. The number of aromatic nitrogens is 2. The van der Waals surface area contributed by atoms with Gasteiger partial charge in [0, 0.05) is 26.1 Å². The quantitative estimate of drug-likeness (QED) is 0.753. The SMILES string of the molecule is C=C1O[C@@](C)(n2ccc(=O)[nH]c2=O)[C@H](OC(C)=O)[C@@H]1OC(C)=O. The molecular formula is C14H16N2O7. The summed E-state index contributed by atoms with van der Waals surface area (Å²) in [5, 5.41) is 0. The van der Waals surface area contributed by atoms with Crippen LogP contribution in [0.3, 0.4) is 0 Å². The smallest absolute Gasteiger partial charge is 0.331 e. The molecule has 0 amide bonds. The molecule has 1 aromatic rings. The Morgan fingerprint density at radius 1 is 1.30 bits per heavy atom. The minimum atomic E-state index is -1.54. The number of aromatic amines is 1. The zero-order chi connectivity index (χ0) is 17.4. The van der Waals surface area contributed by atoms with E-state index in [0.29, 0.717) is 0 Å². The number of H-pyrrole nitrogens is 1. The summed E-state index contributed by atoms with van der Waals surface area (Å²) in [5.41, 5.74) is -2.90. The van der Waals surface area contributed by atoms with Crippen molar-refractivity contribution in [2.45, 2.75) is 38.7 Å². The lowest BCUT2D eigenvalue weighted by Gasteiger charge is -2.31. The molecule has 1 saturated heterocycles. The van der Waals surface area contributed by atoms with Crippen LogP contribution >= 0.6 is 0 Å². The highest BCUT2D eigenvalue weighted by Crippen LogP contribution is 2.39. The predicted molar refractivity (Wildman–Crippen MR) is 76.3 cm³/mol. The third kappa shape index (κ3) is 3.03. The topological polar surface area (TPSA) is 117 Å². The lowest BCUT2D eigenvalue weighted by Crippen LogP contribution is -2.51. The lowest BCUT2D eigenvalue weighted by atomic mass is 10.1. The number of ether oxygens (including phenoxy) is 3. The summed E-state index contributed by atoms with van der Waals surface area (Å²) in [6, 6.07) is 1.11. The Hall–Kier alpha value is -2.84. The molecule has 0 radical (unpaired) electrons. The van der Waals surface area contributed by atoms with E-state index < -0.39 is 41.1 Å². The highest BCUT2D eigenvalue weighted by Gasteiger charge is 2.56. The van der Waals surface area contributed by atoms with Crippen molar-refractivity contribution in [3.8, 4) is 0 Å². The first-order valence-corrected chi connectivity index (χ1v) is 6.70. The van der Waals surface area contributed by atoms with Crippen LogP contribution in [0.4, 0.5) is 0 Å². The Bertz CT molecular complexity index is 778. The molecule has 2 rings (SSSR count). The van der Waals surface area contributed by atoms with E-state index in [0.717, 1.165) is 10.6 Å². The fourth-order valence-electron chi connectivity index (χ4n) is 2.44. The van der Waals surface area contributed by atoms with Gasteiger partial charge in [-0.3, -0.25) is 23.9 Å². The molecule has 2 heterocycles. The summed E-state index contributed by atoms with van der Waals surface area (Å²) in [4.78, 5) is 48.0. The first kappa shape index (κ1) is 16.5. The molecule has 1 N–H and O–H groups in total. The van der Waals surface area contributed by atoms with E-state index in [2.05, 4.69) is 11.6 Å². The molecule has 0 spiro atoms. The summed E-state index contributed by atoms with van der Waals surface area (Å²) < 4.78 is 16.9. The zero-order valence-electron chi connectivity index (χ0n) is 12.8. The molecule has 0 unspecified atom stereocenters. The maximum absolute atomic E-state index is 12.0. The van der Waals surface area contributed by atoms with Crippen molar-refractivity contribution >= 4 is 11.9 Å². The number of hydrogen-bond acceptors (Lipinski definition) is 7. The highest BCUT2D eigenvalue weighted by molar-refractivity contribution is 5.68. The molecule has 23 heavy (non-hydrogen) atoms. The van der Waals surface area contributed by atoms with Crippen LogP contribution in [0, 0.1) is 0 Å². The van der Waals surface area contributed by atoms with Crippen LogP contribution in [-0.2, 0) is 29.5 Å². The number of nitrogens with zero attached hydrogens (tertiary/aromatic N) is 1. The van der Waals surface area contributed by atoms with Gasteiger partial charge in [0.1, 0.15) is 5.76 Å². The lowest BCUT2D eigenvalue weighted by molar-refractivity contribution is -0.176. The molecule has 1 aliphatic heterocycles. The van der Waals surface area contributed by atoms with Crippen molar-refractivity contribution in [3.05, 3.63) is 45.4 Å². The van der Waals surface area contributed by atoms with E-state index >= 15 is 0 Å². The van der Waals surface area contributed by atoms with Gasteiger partial charge in [0.05, 0.1) is 0 Å². The summed E-state index contributed by atoms with van der Waals surface area (Å²) in [7, 11) is 0. The van der Waals surface area contributed by atoms with E-state index in [4.69, 9.17) is 14.2 Å². The Balaban J connectivity index is 2.55. The molecule has 3 atom stereocenters. The number of carbonyl (C=O) groups is 2. The molecule has 124 valence electrons. The number of rotatable bonds is 3. The Morgan fingerprint density at radius 3 is 2.43 bits per heavy atom. The fourth-order valence-corrected chi connectivity index (χ4v) is 2.44. The van der Waals surface area contributed by atoms with E-state index in [-0.39, 0.29) is 5.76 Å². The first-order chi connectivity index (χ1) is 10.6. The molecular weight excluding hydrogens is 308 g/mol. The molecule has 0 aliphatic carbocycles. The number of nitrogens with one attached hydrogen (secondary N) is 1. The molecule has 1 fully saturated rings. The van der Waals surface area contributed by atoms with Gasteiger partial charge in [-0.05, 0) is 6.92 Å². The van der Waals surface area contributed by atoms with Gasteiger partial charge in [-0.15, -0.1) is 0 Å². The van der Waals surface area contributed by atoms with Gasteiger partial charge in [-0.2, -0.15) is 0 Å².